The number of hydrogen-bond donors (Lipinski definition) is 1. The number of ether oxygens (including phenoxy) is 4. The zero-order chi connectivity index (χ0) is 21.7. The Morgan fingerprint density at radius 2 is 1.83 bits per heavy atom. The first-order valence-electron chi connectivity index (χ1n) is 10.9. The van der Waals surface area contributed by atoms with E-state index in [1.165, 1.54) is 6.92 Å². The number of Topliss-reactive ketones (excluding diaryl/α,β-unsaturated/α-hetero) is 1. The van der Waals surface area contributed by atoms with Crippen LogP contribution in [0.25, 0.3) is 0 Å². The highest BCUT2D eigenvalue weighted by molar-refractivity contribution is 6.00. The van der Waals surface area contributed by atoms with Gasteiger partial charge in [-0.3, -0.25) is 14.4 Å². The summed E-state index contributed by atoms with van der Waals surface area (Å²) in [6.07, 6.45) is 2.10. The minimum Gasteiger partial charge on any atom is -0.453 e. The van der Waals surface area contributed by atoms with Gasteiger partial charge < -0.3 is 24.1 Å². The normalized spacial score (nSPS) is 54.5. The Morgan fingerprint density at radius 3 is 2.47 bits per heavy atom. The molecule has 3 heterocycles. The van der Waals surface area contributed by atoms with E-state index < -0.39 is 52.0 Å². The number of fused-ring (bicyclic) bond motifs is 1. The van der Waals surface area contributed by atoms with Crippen LogP contribution >= 0.6 is 0 Å². The Labute approximate surface area is 175 Å². The van der Waals surface area contributed by atoms with Gasteiger partial charge >= 0.3 is 11.9 Å². The summed E-state index contributed by atoms with van der Waals surface area (Å²) in [5, 5.41) is 10.0. The van der Waals surface area contributed by atoms with Crippen LogP contribution in [0.1, 0.15) is 72.6 Å². The summed E-state index contributed by atoms with van der Waals surface area (Å²) < 4.78 is 24.0. The van der Waals surface area contributed by atoms with Gasteiger partial charge in [0.25, 0.3) is 0 Å². The highest BCUT2D eigenvalue weighted by atomic mass is 16.8. The van der Waals surface area contributed by atoms with Crippen molar-refractivity contribution >= 4 is 17.7 Å². The highest BCUT2D eigenvalue weighted by Gasteiger charge is 2.82. The molecule has 5 fully saturated rings. The molecule has 3 saturated heterocycles. The number of carbonyl (C=O) groups is 3. The minimum absolute atomic E-state index is 0.362. The third-order valence-corrected chi connectivity index (χ3v) is 8.88. The van der Waals surface area contributed by atoms with E-state index in [2.05, 4.69) is 0 Å². The lowest BCUT2D eigenvalue weighted by Gasteiger charge is -2.63. The lowest BCUT2D eigenvalue weighted by atomic mass is 9.42. The van der Waals surface area contributed by atoms with Crippen LogP contribution in [-0.2, 0) is 33.3 Å². The Bertz CT molecular complexity index is 841. The summed E-state index contributed by atoms with van der Waals surface area (Å²) in [4.78, 5) is 38.9. The largest absolute Gasteiger partial charge is 0.453 e. The Kier molecular flexibility index (Phi) is 3.97. The van der Waals surface area contributed by atoms with E-state index in [-0.39, 0.29) is 11.9 Å². The van der Waals surface area contributed by atoms with Crippen molar-refractivity contribution in [3.63, 3.8) is 0 Å². The fourth-order valence-electron chi connectivity index (χ4n) is 7.64. The predicted octanol–water partition coefficient (Wildman–Crippen LogP) is 2.00. The molecule has 30 heavy (non-hydrogen) atoms. The molecule has 0 aromatic heterocycles. The standard InChI is InChI=1S/C22H30O8/c1-12(23)28-20(4)16(25)14-15-18(2,17(26)27-14)7-5-8-19(15,3)22(20)11-10-21(30-22)9-6-13(24)29-21/h13-15,24H,5-11H2,1-4H3. The third kappa shape index (κ3) is 2.15. The molecule has 0 aromatic carbocycles. The first kappa shape index (κ1) is 20.4. The second-order valence-electron chi connectivity index (χ2n) is 10.4. The molecule has 2 spiro atoms. The van der Waals surface area contributed by atoms with E-state index in [9.17, 15) is 19.5 Å². The molecule has 166 valence electrons. The predicted molar refractivity (Wildman–Crippen MR) is 101 cm³/mol. The summed E-state index contributed by atoms with van der Waals surface area (Å²) in [5.41, 5.74) is -4.25. The van der Waals surface area contributed by atoms with Crippen molar-refractivity contribution in [2.75, 3.05) is 0 Å². The van der Waals surface area contributed by atoms with Gasteiger partial charge in [0.1, 0.15) is 5.60 Å². The molecule has 2 aliphatic carbocycles. The Hall–Kier alpha value is -1.51. The van der Waals surface area contributed by atoms with Gasteiger partial charge in [-0.15, -0.1) is 0 Å². The van der Waals surface area contributed by atoms with Crippen LogP contribution in [0.15, 0.2) is 0 Å². The number of hydrogen-bond acceptors (Lipinski definition) is 8. The number of carbonyl (C=O) groups excluding carboxylic acids is 3. The maximum atomic E-state index is 13.8. The molecule has 8 atom stereocenters. The average Bonchev–Trinajstić information content (AvgIpc) is 3.29. The first-order valence-corrected chi connectivity index (χ1v) is 10.9. The first-order chi connectivity index (χ1) is 13.9. The summed E-state index contributed by atoms with van der Waals surface area (Å²) >= 11 is 0. The van der Waals surface area contributed by atoms with Crippen LogP contribution in [0.2, 0.25) is 0 Å². The van der Waals surface area contributed by atoms with Crippen molar-refractivity contribution in [2.24, 2.45) is 16.7 Å². The van der Waals surface area contributed by atoms with E-state index >= 15 is 0 Å². The molecule has 0 amide bonds. The molecule has 3 aliphatic heterocycles. The van der Waals surface area contributed by atoms with E-state index in [0.717, 1.165) is 6.42 Å². The SMILES string of the molecule is CC(=O)OC1(C)C(=O)C2OC(=O)C3(C)CCCC(C)(C23)C12CCC1(CCC(O)O1)O2. The average molecular weight is 422 g/mol. The molecule has 0 bridgehead atoms. The number of rotatable bonds is 1. The van der Waals surface area contributed by atoms with Gasteiger partial charge in [-0.2, -0.15) is 0 Å². The quantitative estimate of drug-likeness (QED) is 0.639. The number of aliphatic hydroxyl groups excluding tert-OH is 1. The van der Waals surface area contributed by atoms with Gasteiger partial charge in [-0.05, 0) is 33.1 Å². The zero-order valence-corrected chi connectivity index (χ0v) is 18.0. The smallest absolute Gasteiger partial charge is 0.312 e. The maximum Gasteiger partial charge on any atom is 0.312 e. The van der Waals surface area contributed by atoms with Crippen LogP contribution < -0.4 is 0 Å². The van der Waals surface area contributed by atoms with Gasteiger partial charge in [-0.1, -0.05) is 13.3 Å². The van der Waals surface area contributed by atoms with Crippen LogP contribution in [0.3, 0.4) is 0 Å². The zero-order valence-electron chi connectivity index (χ0n) is 18.0. The summed E-state index contributed by atoms with van der Waals surface area (Å²) in [6.45, 7) is 6.80. The fourth-order valence-corrected chi connectivity index (χ4v) is 7.64. The number of aliphatic hydroxyl groups is 1. The Balaban J connectivity index is 1.71. The molecule has 8 heteroatoms. The van der Waals surface area contributed by atoms with Crippen molar-refractivity contribution in [1.29, 1.82) is 0 Å². The lowest BCUT2D eigenvalue weighted by Crippen LogP contribution is -2.77. The monoisotopic (exact) mass is 422 g/mol. The summed E-state index contributed by atoms with van der Waals surface area (Å²) in [6, 6.07) is 0. The highest BCUT2D eigenvalue weighted by Crippen LogP contribution is 2.71. The summed E-state index contributed by atoms with van der Waals surface area (Å²) in [5.74, 6) is -2.76. The van der Waals surface area contributed by atoms with E-state index in [0.29, 0.717) is 38.5 Å². The van der Waals surface area contributed by atoms with Crippen LogP contribution in [0, 0.1) is 16.7 Å². The molecular weight excluding hydrogens is 392 g/mol. The molecule has 8 nitrogen and oxygen atoms in total. The van der Waals surface area contributed by atoms with E-state index in [1.54, 1.807) is 6.92 Å². The molecule has 1 N–H and O–H groups in total. The fraction of sp³-hybridized carbons (Fsp3) is 0.864. The molecule has 0 radical (unpaired) electrons. The van der Waals surface area contributed by atoms with Crippen LogP contribution in [0.5, 0.6) is 0 Å². The molecule has 5 rings (SSSR count). The van der Waals surface area contributed by atoms with Crippen molar-refractivity contribution in [1.82, 2.24) is 0 Å². The van der Waals surface area contributed by atoms with Crippen molar-refractivity contribution in [2.45, 2.75) is 102 Å². The van der Waals surface area contributed by atoms with Crippen molar-refractivity contribution < 1.29 is 38.4 Å². The molecule has 0 aromatic rings. The maximum absolute atomic E-state index is 13.8. The lowest BCUT2D eigenvalue weighted by molar-refractivity contribution is -0.337. The number of ketones is 1. The van der Waals surface area contributed by atoms with Gasteiger partial charge in [0.05, 0.1) is 5.41 Å². The minimum atomic E-state index is -1.63. The van der Waals surface area contributed by atoms with Crippen LogP contribution in [0.4, 0.5) is 0 Å². The van der Waals surface area contributed by atoms with E-state index in [4.69, 9.17) is 18.9 Å². The van der Waals surface area contributed by atoms with Gasteiger partial charge in [0.15, 0.2) is 18.2 Å². The van der Waals surface area contributed by atoms with Gasteiger partial charge in [0.2, 0.25) is 11.4 Å². The van der Waals surface area contributed by atoms with E-state index in [1.807, 2.05) is 13.8 Å². The molecule has 5 aliphatic rings. The van der Waals surface area contributed by atoms with Gasteiger partial charge in [-0.25, -0.2) is 0 Å². The molecule has 2 saturated carbocycles. The number of esters is 2. The second-order valence-corrected chi connectivity index (χ2v) is 10.4. The van der Waals surface area contributed by atoms with Gasteiger partial charge in [0, 0.05) is 37.5 Å². The van der Waals surface area contributed by atoms with Crippen LogP contribution in [-0.4, -0.2) is 52.2 Å². The third-order valence-electron chi connectivity index (χ3n) is 8.88. The topological polar surface area (TPSA) is 108 Å². The molecule has 8 unspecified atom stereocenters. The Morgan fingerprint density at radius 1 is 1.10 bits per heavy atom. The summed E-state index contributed by atoms with van der Waals surface area (Å²) in [7, 11) is 0. The molecular formula is C22H30O8. The van der Waals surface area contributed by atoms with Crippen molar-refractivity contribution in [3.8, 4) is 0 Å². The van der Waals surface area contributed by atoms with Crippen molar-refractivity contribution in [3.05, 3.63) is 0 Å². The second kappa shape index (κ2) is 5.84.